The van der Waals surface area contributed by atoms with Crippen LogP contribution in [0.4, 0.5) is 4.39 Å². The Morgan fingerprint density at radius 2 is 2.04 bits per heavy atom. The normalized spacial score (nSPS) is 27.6. The number of aliphatic hydroxyl groups is 1. The van der Waals surface area contributed by atoms with Crippen LogP contribution in [0.15, 0.2) is 24.3 Å². The van der Waals surface area contributed by atoms with E-state index in [2.05, 4.69) is 9.88 Å². The third-order valence-electron chi connectivity index (χ3n) is 6.35. The van der Waals surface area contributed by atoms with Gasteiger partial charge in [0.05, 0.1) is 12.2 Å². The van der Waals surface area contributed by atoms with Gasteiger partial charge in [-0.15, -0.1) is 0 Å². The molecule has 2 saturated heterocycles. The Morgan fingerprint density at radius 1 is 1.32 bits per heavy atom. The molecule has 7 heteroatoms. The van der Waals surface area contributed by atoms with E-state index in [1.165, 1.54) is 12.1 Å². The SMILES string of the molecule is CN(C)[C@H]1CC2(CCN(C(=O)c3cc4ccc(F)cc4[nH]3)CC2)OC[C@]1(C)O. The van der Waals surface area contributed by atoms with Gasteiger partial charge in [-0.1, -0.05) is 0 Å². The highest BCUT2D eigenvalue weighted by molar-refractivity contribution is 5.98. The predicted molar refractivity (Wildman–Crippen MR) is 105 cm³/mol. The van der Waals surface area contributed by atoms with Crippen LogP contribution in [0.3, 0.4) is 0 Å². The zero-order valence-electron chi connectivity index (χ0n) is 16.7. The van der Waals surface area contributed by atoms with Crippen LogP contribution in [0.5, 0.6) is 0 Å². The first-order chi connectivity index (χ1) is 13.2. The molecule has 4 rings (SSSR count). The van der Waals surface area contributed by atoms with Crippen molar-refractivity contribution >= 4 is 16.8 Å². The molecular formula is C21H28FN3O3. The second-order valence-corrected chi connectivity index (χ2v) is 8.72. The second kappa shape index (κ2) is 6.83. The number of nitrogens with one attached hydrogen (secondary N) is 1. The topological polar surface area (TPSA) is 68.8 Å². The molecule has 2 atom stereocenters. The van der Waals surface area contributed by atoms with Crippen molar-refractivity contribution in [1.82, 2.24) is 14.8 Å². The van der Waals surface area contributed by atoms with Gasteiger partial charge in [0.1, 0.15) is 17.1 Å². The highest BCUT2D eigenvalue weighted by Crippen LogP contribution is 2.40. The number of likely N-dealkylation sites (N-methyl/N-ethyl adjacent to an activating group) is 1. The lowest BCUT2D eigenvalue weighted by Crippen LogP contribution is -2.63. The largest absolute Gasteiger partial charge is 0.386 e. The van der Waals surface area contributed by atoms with Crippen LogP contribution in [-0.2, 0) is 4.74 Å². The molecule has 1 aromatic carbocycles. The average Bonchev–Trinajstić information content (AvgIpc) is 3.07. The summed E-state index contributed by atoms with van der Waals surface area (Å²) in [6, 6.07) is 6.27. The summed E-state index contributed by atoms with van der Waals surface area (Å²) in [6.07, 6.45) is 2.24. The smallest absolute Gasteiger partial charge is 0.270 e. The molecule has 0 bridgehead atoms. The first kappa shape index (κ1) is 19.4. The van der Waals surface area contributed by atoms with E-state index in [4.69, 9.17) is 4.74 Å². The van der Waals surface area contributed by atoms with E-state index in [0.29, 0.717) is 30.9 Å². The fourth-order valence-electron chi connectivity index (χ4n) is 4.62. The number of carbonyl (C=O) groups excluding carboxylic acids is 1. The van der Waals surface area contributed by atoms with Gasteiger partial charge in [-0.2, -0.15) is 0 Å². The summed E-state index contributed by atoms with van der Waals surface area (Å²) in [4.78, 5) is 19.8. The highest BCUT2D eigenvalue weighted by atomic mass is 19.1. The zero-order valence-corrected chi connectivity index (χ0v) is 16.7. The number of carbonyl (C=O) groups is 1. The number of benzene rings is 1. The second-order valence-electron chi connectivity index (χ2n) is 8.72. The number of likely N-dealkylation sites (tertiary alicyclic amines) is 1. The fraction of sp³-hybridized carbons (Fsp3) is 0.571. The minimum atomic E-state index is -0.874. The van der Waals surface area contributed by atoms with Gasteiger partial charge in [-0.25, -0.2) is 4.39 Å². The molecule has 1 aromatic heterocycles. The van der Waals surface area contributed by atoms with Crippen molar-refractivity contribution in [1.29, 1.82) is 0 Å². The molecular weight excluding hydrogens is 361 g/mol. The predicted octanol–water partition coefficient (Wildman–Crippen LogP) is 2.38. The van der Waals surface area contributed by atoms with Gasteiger partial charge in [-0.05, 0) is 64.5 Å². The van der Waals surface area contributed by atoms with Crippen molar-refractivity contribution in [3.05, 3.63) is 35.8 Å². The number of aromatic nitrogens is 1. The van der Waals surface area contributed by atoms with Crippen LogP contribution < -0.4 is 0 Å². The number of fused-ring (bicyclic) bond motifs is 1. The number of nitrogens with zero attached hydrogens (tertiary/aromatic N) is 2. The van der Waals surface area contributed by atoms with Crippen LogP contribution in [0.25, 0.3) is 10.9 Å². The molecule has 152 valence electrons. The van der Waals surface area contributed by atoms with Crippen molar-refractivity contribution in [2.45, 2.75) is 43.4 Å². The first-order valence-electron chi connectivity index (χ1n) is 9.79. The van der Waals surface area contributed by atoms with E-state index >= 15 is 0 Å². The summed E-state index contributed by atoms with van der Waals surface area (Å²) in [5.74, 6) is -0.396. The summed E-state index contributed by atoms with van der Waals surface area (Å²) in [7, 11) is 3.96. The van der Waals surface area contributed by atoms with E-state index in [0.717, 1.165) is 24.6 Å². The zero-order chi connectivity index (χ0) is 20.1. The maximum atomic E-state index is 13.4. The van der Waals surface area contributed by atoms with Gasteiger partial charge in [-0.3, -0.25) is 4.79 Å². The van der Waals surface area contributed by atoms with Gasteiger partial charge in [0, 0.05) is 30.0 Å². The quantitative estimate of drug-likeness (QED) is 0.828. The molecule has 1 amide bonds. The molecule has 2 aliphatic heterocycles. The van der Waals surface area contributed by atoms with Crippen molar-refractivity contribution in [2.75, 3.05) is 33.8 Å². The Balaban J connectivity index is 1.45. The van der Waals surface area contributed by atoms with E-state index in [1.807, 2.05) is 25.9 Å². The van der Waals surface area contributed by atoms with Gasteiger partial charge >= 0.3 is 0 Å². The lowest BCUT2D eigenvalue weighted by atomic mass is 9.77. The van der Waals surface area contributed by atoms with Gasteiger partial charge in [0.2, 0.25) is 0 Å². The van der Waals surface area contributed by atoms with Crippen molar-refractivity contribution in [3.8, 4) is 0 Å². The van der Waals surface area contributed by atoms with Crippen LogP contribution in [-0.4, -0.2) is 76.8 Å². The molecule has 0 aliphatic carbocycles. The summed E-state index contributed by atoms with van der Waals surface area (Å²) in [6.45, 7) is 3.33. The summed E-state index contributed by atoms with van der Waals surface area (Å²) >= 11 is 0. The fourth-order valence-corrected chi connectivity index (χ4v) is 4.62. The minimum Gasteiger partial charge on any atom is -0.386 e. The summed E-state index contributed by atoms with van der Waals surface area (Å²) in [5.41, 5.74) is -0.0579. The Hall–Kier alpha value is -1.96. The Bertz CT molecular complexity index is 884. The molecule has 2 N–H and O–H groups in total. The molecule has 2 aliphatic rings. The van der Waals surface area contributed by atoms with Crippen LogP contribution in [0.2, 0.25) is 0 Å². The molecule has 28 heavy (non-hydrogen) atoms. The molecule has 0 unspecified atom stereocenters. The summed E-state index contributed by atoms with van der Waals surface area (Å²) in [5, 5.41) is 11.5. The molecule has 0 radical (unpaired) electrons. The molecule has 0 saturated carbocycles. The van der Waals surface area contributed by atoms with E-state index in [-0.39, 0.29) is 23.4 Å². The number of hydrogen-bond donors (Lipinski definition) is 2. The average molecular weight is 389 g/mol. The molecule has 1 spiro atoms. The van der Waals surface area contributed by atoms with E-state index in [9.17, 15) is 14.3 Å². The number of hydrogen-bond acceptors (Lipinski definition) is 4. The van der Waals surface area contributed by atoms with Crippen molar-refractivity contribution in [3.63, 3.8) is 0 Å². The maximum absolute atomic E-state index is 13.4. The third kappa shape index (κ3) is 3.43. The van der Waals surface area contributed by atoms with Crippen LogP contribution in [0, 0.1) is 5.82 Å². The van der Waals surface area contributed by atoms with E-state index in [1.54, 1.807) is 12.1 Å². The lowest BCUT2D eigenvalue weighted by molar-refractivity contribution is -0.205. The maximum Gasteiger partial charge on any atom is 0.270 e. The van der Waals surface area contributed by atoms with E-state index < -0.39 is 5.60 Å². The molecule has 6 nitrogen and oxygen atoms in total. The minimum absolute atomic E-state index is 0.0205. The molecule has 2 fully saturated rings. The van der Waals surface area contributed by atoms with Gasteiger partial charge in [0.15, 0.2) is 0 Å². The lowest BCUT2D eigenvalue weighted by Gasteiger charge is -2.52. The standard InChI is InChI=1S/C21H28FN3O3/c1-20(27)13-28-21(12-18(20)24(2)3)6-8-25(9-7-21)19(26)17-10-14-4-5-15(22)11-16(14)23-17/h4-5,10-11,18,23,27H,6-9,12-13H2,1-3H3/t18-,20-/m0/s1. The number of ether oxygens (including phenoxy) is 1. The van der Waals surface area contributed by atoms with Gasteiger partial charge in [0.25, 0.3) is 5.91 Å². The number of aromatic amines is 1. The van der Waals surface area contributed by atoms with Crippen LogP contribution >= 0.6 is 0 Å². The number of rotatable bonds is 2. The third-order valence-corrected chi connectivity index (χ3v) is 6.35. The van der Waals surface area contributed by atoms with Crippen molar-refractivity contribution < 1.29 is 19.0 Å². The molecule has 2 aromatic rings. The Labute approximate surface area is 164 Å². The monoisotopic (exact) mass is 389 g/mol. The Kier molecular flexibility index (Phi) is 4.72. The summed E-state index contributed by atoms with van der Waals surface area (Å²) < 4.78 is 19.5. The number of amides is 1. The first-order valence-corrected chi connectivity index (χ1v) is 9.79. The van der Waals surface area contributed by atoms with Crippen molar-refractivity contribution in [2.24, 2.45) is 0 Å². The highest BCUT2D eigenvalue weighted by Gasteiger charge is 2.49. The number of piperidine rings is 1. The number of halogens is 1. The number of H-pyrrole nitrogens is 1. The van der Waals surface area contributed by atoms with Crippen LogP contribution in [0.1, 0.15) is 36.7 Å². The Morgan fingerprint density at radius 3 is 2.71 bits per heavy atom. The molecule has 3 heterocycles. The van der Waals surface area contributed by atoms with Gasteiger partial charge < -0.3 is 24.6 Å².